The molecule has 3 heteroatoms. The van der Waals surface area contributed by atoms with E-state index in [9.17, 15) is 0 Å². The van der Waals surface area contributed by atoms with Gasteiger partial charge in [-0.25, -0.2) is 9.83 Å². The van der Waals surface area contributed by atoms with Gasteiger partial charge in [-0.2, -0.15) is 0 Å². The molecule has 1 aliphatic rings. The molecule has 0 spiro atoms. The van der Waals surface area contributed by atoms with E-state index in [0.29, 0.717) is 0 Å². The van der Waals surface area contributed by atoms with E-state index >= 15 is 0 Å². The lowest BCUT2D eigenvalue weighted by Gasteiger charge is -2.10. The summed E-state index contributed by atoms with van der Waals surface area (Å²) in [5, 5.41) is 0. The number of rotatable bonds is 2. The van der Waals surface area contributed by atoms with Gasteiger partial charge in [-0.05, 0) is 18.9 Å². The Morgan fingerprint density at radius 2 is 2.21 bits per heavy atom. The highest BCUT2D eigenvalue weighted by Gasteiger charge is 2.19. The van der Waals surface area contributed by atoms with Gasteiger partial charge in [0.2, 0.25) is 6.23 Å². The average Bonchev–Trinajstić information content (AvgIpc) is 2.65. The molecule has 1 heterocycles. The summed E-state index contributed by atoms with van der Waals surface area (Å²) in [5.74, 6) is 0.834. The highest BCUT2D eigenvalue weighted by atomic mass is 16.7. The van der Waals surface area contributed by atoms with Crippen LogP contribution in [0.1, 0.15) is 31.2 Å². The number of nitrogens with one attached hydrogen (secondary N) is 1. The summed E-state index contributed by atoms with van der Waals surface area (Å²) in [6.45, 7) is 4.03. The minimum atomic E-state index is -0.175. The minimum Gasteiger partial charge on any atom is -0.251 e. The fraction of sp³-hybridized carbons (Fsp3) is 0.364. The maximum Gasteiger partial charge on any atom is 0.202 e. The van der Waals surface area contributed by atoms with Crippen molar-refractivity contribution in [1.82, 2.24) is 5.48 Å². The molecule has 3 nitrogen and oxygen atoms in total. The number of hydrogen-bond donors (Lipinski definition) is 1. The van der Waals surface area contributed by atoms with E-state index in [-0.39, 0.29) is 6.23 Å². The standard InChI is InChI=1S/C11H14N2O/c1-3-9-6-4-5-7-10(9)11-12-8(2)13-14-11/h4-7,11H,3H2,1-2H3,(H,12,13). The van der Waals surface area contributed by atoms with Crippen molar-refractivity contribution in [2.45, 2.75) is 26.5 Å². The first-order chi connectivity index (χ1) is 6.81. The van der Waals surface area contributed by atoms with E-state index in [0.717, 1.165) is 17.8 Å². The van der Waals surface area contributed by atoms with Crippen LogP contribution >= 0.6 is 0 Å². The summed E-state index contributed by atoms with van der Waals surface area (Å²) in [7, 11) is 0. The summed E-state index contributed by atoms with van der Waals surface area (Å²) in [4.78, 5) is 9.69. The molecule has 0 aromatic heterocycles. The van der Waals surface area contributed by atoms with Crippen LogP contribution in [0.3, 0.4) is 0 Å². The lowest BCUT2D eigenvalue weighted by atomic mass is 10.0. The van der Waals surface area contributed by atoms with Gasteiger partial charge < -0.3 is 0 Å². The monoisotopic (exact) mass is 190 g/mol. The Labute approximate surface area is 83.8 Å². The third-order valence-corrected chi connectivity index (χ3v) is 2.33. The predicted octanol–water partition coefficient (Wildman–Crippen LogP) is 2.20. The molecule has 1 aromatic carbocycles. The highest BCUT2D eigenvalue weighted by molar-refractivity contribution is 5.79. The topological polar surface area (TPSA) is 33.6 Å². The summed E-state index contributed by atoms with van der Waals surface area (Å²) in [6.07, 6.45) is 0.830. The Kier molecular flexibility index (Phi) is 2.50. The van der Waals surface area contributed by atoms with Gasteiger partial charge >= 0.3 is 0 Å². The van der Waals surface area contributed by atoms with Crippen molar-refractivity contribution < 1.29 is 4.84 Å². The zero-order valence-corrected chi connectivity index (χ0v) is 8.45. The lowest BCUT2D eigenvalue weighted by Crippen LogP contribution is -2.13. The number of hydrogen-bond acceptors (Lipinski definition) is 3. The van der Waals surface area contributed by atoms with Gasteiger partial charge in [-0.3, -0.25) is 5.48 Å². The van der Waals surface area contributed by atoms with E-state index in [1.165, 1.54) is 5.56 Å². The van der Waals surface area contributed by atoms with Crippen LogP contribution < -0.4 is 5.48 Å². The largest absolute Gasteiger partial charge is 0.251 e. The minimum absolute atomic E-state index is 0.175. The molecule has 2 rings (SSSR count). The Hall–Kier alpha value is -1.35. The maximum absolute atomic E-state index is 5.34. The molecular weight excluding hydrogens is 176 g/mol. The van der Waals surface area contributed by atoms with Crippen molar-refractivity contribution >= 4 is 5.84 Å². The Bertz CT molecular complexity index is 360. The first-order valence-corrected chi connectivity index (χ1v) is 4.85. The predicted molar refractivity (Wildman–Crippen MR) is 55.9 cm³/mol. The van der Waals surface area contributed by atoms with Crippen molar-refractivity contribution in [2.24, 2.45) is 4.99 Å². The van der Waals surface area contributed by atoms with Crippen molar-refractivity contribution in [3.8, 4) is 0 Å². The van der Waals surface area contributed by atoms with Crippen LogP contribution in [0.15, 0.2) is 29.3 Å². The molecular formula is C11H14N2O. The first-order valence-electron chi connectivity index (χ1n) is 4.85. The van der Waals surface area contributed by atoms with E-state index < -0.39 is 0 Å². The molecule has 1 atom stereocenters. The quantitative estimate of drug-likeness (QED) is 0.775. The summed E-state index contributed by atoms with van der Waals surface area (Å²) >= 11 is 0. The third kappa shape index (κ3) is 1.63. The number of amidine groups is 1. The summed E-state index contributed by atoms with van der Waals surface area (Å²) in [5.41, 5.74) is 5.21. The van der Waals surface area contributed by atoms with E-state index in [2.05, 4.69) is 29.5 Å². The number of nitrogens with zero attached hydrogens (tertiary/aromatic N) is 1. The molecule has 0 radical (unpaired) electrons. The molecule has 0 fully saturated rings. The van der Waals surface area contributed by atoms with Crippen LogP contribution in [0, 0.1) is 0 Å². The SMILES string of the molecule is CCc1ccccc1C1N=C(C)NO1. The number of aliphatic imine (C=N–C) groups is 1. The zero-order valence-electron chi connectivity index (χ0n) is 8.45. The second-order valence-electron chi connectivity index (χ2n) is 3.34. The van der Waals surface area contributed by atoms with Gasteiger partial charge in [0.25, 0.3) is 0 Å². The number of hydroxylamine groups is 1. The fourth-order valence-electron chi connectivity index (χ4n) is 1.60. The molecule has 1 unspecified atom stereocenters. The maximum atomic E-state index is 5.34. The normalized spacial score (nSPS) is 20.4. The summed E-state index contributed by atoms with van der Waals surface area (Å²) in [6, 6.07) is 8.23. The first kappa shape index (κ1) is 9.21. The van der Waals surface area contributed by atoms with Crippen LogP contribution in [0.5, 0.6) is 0 Å². The van der Waals surface area contributed by atoms with Crippen molar-refractivity contribution in [1.29, 1.82) is 0 Å². The molecule has 1 aromatic rings. The van der Waals surface area contributed by atoms with Gasteiger partial charge in [0.1, 0.15) is 5.84 Å². The molecule has 0 bridgehead atoms. The highest BCUT2D eigenvalue weighted by Crippen LogP contribution is 2.24. The van der Waals surface area contributed by atoms with E-state index in [4.69, 9.17) is 4.84 Å². The fourth-order valence-corrected chi connectivity index (χ4v) is 1.60. The van der Waals surface area contributed by atoms with Crippen molar-refractivity contribution in [2.75, 3.05) is 0 Å². The molecule has 0 aliphatic carbocycles. The molecule has 0 saturated heterocycles. The van der Waals surface area contributed by atoms with Gasteiger partial charge in [-0.15, -0.1) is 0 Å². The van der Waals surface area contributed by atoms with E-state index in [1.54, 1.807) is 0 Å². The Balaban J connectivity index is 2.32. The molecule has 1 aliphatic heterocycles. The van der Waals surface area contributed by atoms with Crippen LogP contribution in [0.25, 0.3) is 0 Å². The van der Waals surface area contributed by atoms with Crippen LogP contribution in [0.2, 0.25) is 0 Å². The molecule has 1 N–H and O–H groups in total. The van der Waals surface area contributed by atoms with Gasteiger partial charge in [0, 0.05) is 5.56 Å². The van der Waals surface area contributed by atoms with Crippen molar-refractivity contribution in [3.05, 3.63) is 35.4 Å². The Morgan fingerprint density at radius 1 is 1.43 bits per heavy atom. The van der Waals surface area contributed by atoms with E-state index in [1.807, 2.05) is 19.1 Å². The molecule has 74 valence electrons. The number of aryl methyl sites for hydroxylation is 1. The summed E-state index contributed by atoms with van der Waals surface area (Å²) < 4.78 is 0. The molecule has 0 saturated carbocycles. The second kappa shape index (κ2) is 3.80. The zero-order chi connectivity index (χ0) is 9.97. The number of benzene rings is 1. The van der Waals surface area contributed by atoms with Gasteiger partial charge in [-0.1, -0.05) is 31.2 Å². The molecule has 0 amide bonds. The van der Waals surface area contributed by atoms with Crippen LogP contribution in [-0.2, 0) is 11.3 Å². The lowest BCUT2D eigenvalue weighted by molar-refractivity contribution is 0.0369. The van der Waals surface area contributed by atoms with Gasteiger partial charge in [0.05, 0.1) is 0 Å². The second-order valence-corrected chi connectivity index (χ2v) is 3.34. The Morgan fingerprint density at radius 3 is 2.86 bits per heavy atom. The molecule has 14 heavy (non-hydrogen) atoms. The van der Waals surface area contributed by atoms with Gasteiger partial charge in [0.15, 0.2) is 0 Å². The smallest absolute Gasteiger partial charge is 0.202 e. The third-order valence-electron chi connectivity index (χ3n) is 2.33. The van der Waals surface area contributed by atoms with Crippen molar-refractivity contribution in [3.63, 3.8) is 0 Å². The van der Waals surface area contributed by atoms with Crippen LogP contribution in [-0.4, -0.2) is 5.84 Å². The van der Waals surface area contributed by atoms with Crippen LogP contribution in [0.4, 0.5) is 0 Å². The average molecular weight is 190 g/mol.